The summed E-state index contributed by atoms with van der Waals surface area (Å²) in [7, 11) is 0. The molecule has 0 radical (unpaired) electrons. The van der Waals surface area contributed by atoms with Crippen LogP contribution in [0.25, 0.3) is 10.8 Å². The summed E-state index contributed by atoms with van der Waals surface area (Å²) >= 11 is 0. The Morgan fingerprint density at radius 1 is 0.818 bits per heavy atom. The number of anilines is 1. The largest absolute Gasteiger partial charge is 0.338 e. The van der Waals surface area contributed by atoms with Crippen molar-refractivity contribution >= 4 is 22.5 Å². The Kier molecular flexibility index (Phi) is 4.35. The second kappa shape index (κ2) is 6.76. The topological polar surface area (TPSA) is 41.1 Å². The minimum absolute atomic E-state index is 0.174. The molecule has 0 fully saturated rings. The molecule has 0 saturated heterocycles. The molecule has 3 aromatic rings. The molecule has 0 heterocycles. The number of amides is 2. The number of rotatable bonds is 4. The summed E-state index contributed by atoms with van der Waals surface area (Å²) in [5.74, 6) is 0. The third-order valence-corrected chi connectivity index (χ3v) is 3.58. The number of carbonyl (C=O) groups is 1. The highest BCUT2D eigenvalue weighted by Crippen LogP contribution is 2.22. The average molecular weight is 290 g/mol. The van der Waals surface area contributed by atoms with E-state index in [1.807, 2.05) is 60.7 Å². The van der Waals surface area contributed by atoms with Gasteiger partial charge in [0.25, 0.3) is 0 Å². The van der Waals surface area contributed by atoms with Gasteiger partial charge in [-0.05, 0) is 23.4 Å². The van der Waals surface area contributed by atoms with Gasteiger partial charge in [-0.15, -0.1) is 0 Å². The van der Waals surface area contributed by atoms with Crippen LogP contribution in [0.5, 0.6) is 0 Å². The molecule has 0 aromatic heterocycles. The first-order valence-electron chi connectivity index (χ1n) is 7.39. The second-order valence-corrected chi connectivity index (χ2v) is 5.14. The molecule has 2 amide bonds. The summed E-state index contributed by atoms with van der Waals surface area (Å²) in [6, 6.07) is 23.9. The van der Waals surface area contributed by atoms with E-state index < -0.39 is 0 Å². The minimum Gasteiger partial charge on any atom is -0.338 e. The van der Waals surface area contributed by atoms with Gasteiger partial charge in [0.05, 0.1) is 5.69 Å². The summed E-state index contributed by atoms with van der Waals surface area (Å²) in [5, 5.41) is 7.98. The second-order valence-electron chi connectivity index (χ2n) is 5.14. The molecule has 110 valence electrons. The zero-order valence-electron chi connectivity index (χ0n) is 12.3. The van der Waals surface area contributed by atoms with Gasteiger partial charge in [0.1, 0.15) is 0 Å². The highest BCUT2D eigenvalue weighted by molar-refractivity contribution is 6.01. The Morgan fingerprint density at radius 2 is 1.55 bits per heavy atom. The fraction of sp³-hybridized carbons (Fsp3) is 0.105. The summed E-state index contributed by atoms with van der Waals surface area (Å²) < 4.78 is 0. The van der Waals surface area contributed by atoms with Crippen LogP contribution in [-0.4, -0.2) is 12.6 Å². The fourth-order valence-electron chi connectivity index (χ4n) is 2.47. The lowest BCUT2D eigenvalue weighted by molar-refractivity contribution is 0.252. The lowest BCUT2D eigenvalue weighted by Crippen LogP contribution is -2.30. The Hall–Kier alpha value is -2.81. The van der Waals surface area contributed by atoms with Crippen LogP contribution in [0, 0.1) is 0 Å². The molecule has 0 bridgehead atoms. The molecule has 0 spiro atoms. The molecule has 2 N–H and O–H groups in total. The first-order chi connectivity index (χ1) is 10.8. The molecule has 0 atom stereocenters. The highest BCUT2D eigenvalue weighted by Gasteiger charge is 2.04. The van der Waals surface area contributed by atoms with E-state index in [1.165, 1.54) is 5.56 Å². The van der Waals surface area contributed by atoms with Gasteiger partial charge in [-0.3, -0.25) is 0 Å². The molecule has 0 aliphatic rings. The lowest BCUT2D eigenvalue weighted by atomic mass is 10.1. The zero-order chi connectivity index (χ0) is 15.2. The number of carbonyl (C=O) groups excluding carboxylic acids is 1. The Balaban J connectivity index is 1.59. The molecule has 0 aliphatic carbocycles. The Morgan fingerprint density at radius 3 is 2.41 bits per heavy atom. The summed E-state index contributed by atoms with van der Waals surface area (Å²) in [6.45, 7) is 0.612. The standard InChI is InChI=1S/C19H18N2O/c22-19(20-14-13-15-7-2-1-3-8-15)21-18-12-6-10-16-9-4-5-11-17(16)18/h1-12H,13-14H2,(H2,20,21,22). The van der Waals surface area contributed by atoms with Gasteiger partial charge in [-0.2, -0.15) is 0 Å². The van der Waals surface area contributed by atoms with Crippen LogP contribution < -0.4 is 10.6 Å². The third kappa shape index (κ3) is 3.44. The van der Waals surface area contributed by atoms with E-state index in [1.54, 1.807) is 0 Å². The van der Waals surface area contributed by atoms with Crippen LogP contribution in [0.15, 0.2) is 72.8 Å². The van der Waals surface area contributed by atoms with Crippen molar-refractivity contribution in [3.8, 4) is 0 Å². The monoisotopic (exact) mass is 290 g/mol. The van der Waals surface area contributed by atoms with Crippen LogP contribution in [0.4, 0.5) is 10.5 Å². The van der Waals surface area contributed by atoms with E-state index >= 15 is 0 Å². The first kappa shape index (κ1) is 14.1. The SMILES string of the molecule is O=C(NCCc1ccccc1)Nc1cccc2ccccc12. The van der Waals surface area contributed by atoms with Crippen LogP contribution in [-0.2, 0) is 6.42 Å². The minimum atomic E-state index is -0.174. The Labute approximate surface area is 130 Å². The predicted molar refractivity (Wildman–Crippen MR) is 91.1 cm³/mol. The molecule has 22 heavy (non-hydrogen) atoms. The molecular weight excluding hydrogens is 272 g/mol. The van der Waals surface area contributed by atoms with Crippen LogP contribution in [0.2, 0.25) is 0 Å². The molecule has 3 aromatic carbocycles. The van der Waals surface area contributed by atoms with Crippen molar-refractivity contribution in [1.29, 1.82) is 0 Å². The molecule has 0 unspecified atom stereocenters. The van der Waals surface area contributed by atoms with E-state index in [0.717, 1.165) is 22.9 Å². The molecule has 0 aliphatic heterocycles. The molecule has 3 heteroatoms. The highest BCUT2D eigenvalue weighted by atomic mass is 16.2. The summed E-state index contributed by atoms with van der Waals surface area (Å²) in [5.41, 5.74) is 2.04. The van der Waals surface area contributed by atoms with Crippen molar-refractivity contribution in [2.75, 3.05) is 11.9 Å². The zero-order valence-corrected chi connectivity index (χ0v) is 12.3. The maximum Gasteiger partial charge on any atom is 0.319 e. The van der Waals surface area contributed by atoms with Crippen molar-refractivity contribution in [2.24, 2.45) is 0 Å². The maximum atomic E-state index is 12.0. The quantitative estimate of drug-likeness (QED) is 0.742. The molecular formula is C19H18N2O. The van der Waals surface area contributed by atoms with E-state index in [-0.39, 0.29) is 6.03 Å². The van der Waals surface area contributed by atoms with E-state index in [4.69, 9.17) is 0 Å². The fourth-order valence-corrected chi connectivity index (χ4v) is 2.47. The van der Waals surface area contributed by atoms with Gasteiger partial charge in [0.15, 0.2) is 0 Å². The first-order valence-corrected chi connectivity index (χ1v) is 7.39. The maximum absolute atomic E-state index is 12.0. The molecule has 0 saturated carbocycles. The number of urea groups is 1. The average Bonchev–Trinajstić information content (AvgIpc) is 2.56. The van der Waals surface area contributed by atoms with Gasteiger partial charge in [-0.1, -0.05) is 66.7 Å². The van der Waals surface area contributed by atoms with E-state index in [0.29, 0.717) is 6.54 Å². The van der Waals surface area contributed by atoms with Gasteiger partial charge in [-0.25, -0.2) is 4.79 Å². The van der Waals surface area contributed by atoms with Gasteiger partial charge in [0, 0.05) is 11.9 Å². The van der Waals surface area contributed by atoms with Crippen LogP contribution >= 0.6 is 0 Å². The third-order valence-electron chi connectivity index (χ3n) is 3.58. The lowest BCUT2D eigenvalue weighted by Gasteiger charge is -2.10. The van der Waals surface area contributed by atoms with Crippen LogP contribution in [0.3, 0.4) is 0 Å². The molecule has 3 rings (SSSR count). The van der Waals surface area contributed by atoms with Crippen molar-refractivity contribution in [3.05, 3.63) is 78.4 Å². The number of benzene rings is 3. The number of hydrogen-bond donors (Lipinski definition) is 2. The van der Waals surface area contributed by atoms with Gasteiger partial charge < -0.3 is 10.6 Å². The Bertz CT molecular complexity index is 763. The van der Waals surface area contributed by atoms with Crippen molar-refractivity contribution in [3.63, 3.8) is 0 Å². The van der Waals surface area contributed by atoms with E-state index in [2.05, 4.69) is 22.8 Å². The van der Waals surface area contributed by atoms with Crippen molar-refractivity contribution in [1.82, 2.24) is 5.32 Å². The number of hydrogen-bond acceptors (Lipinski definition) is 1. The van der Waals surface area contributed by atoms with Gasteiger partial charge in [0.2, 0.25) is 0 Å². The van der Waals surface area contributed by atoms with Gasteiger partial charge >= 0.3 is 6.03 Å². The smallest absolute Gasteiger partial charge is 0.319 e. The summed E-state index contributed by atoms with van der Waals surface area (Å²) in [6.07, 6.45) is 0.823. The van der Waals surface area contributed by atoms with Crippen LogP contribution in [0.1, 0.15) is 5.56 Å². The van der Waals surface area contributed by atoms with Crippen molar-refractivity contribution < 1.29 is 4.79 Å². The van der Waals surface area contributed by atoms with Crippen molar-refractivity contribution in [2.45, 2.75) is 6.42 Å². The normalized spacial score (nSPS) is 10.4. The van der Waals surface area contributed by atoms with E-state index in [9.17, 15) is 4.79 Å². The number of fused-ring (bicyclic) bond motifs is 1. The number of nitrogens with one attached hydrogen (secondary N) is 2. The summed E-state index contributed by atoms with van der Waals surface area (Å²) in [4.78, 5) is 12.0. The predicted octanol–water partition coefficient (Wildman–Crippen LogP) is 4.20. The molecule has 3 nitrogen and oxygen atoms in total.